The Balaban J connectivity index is 2.01. The molecule has 118 valence electrons. The van der Waals surface area contributed by atoms with Gasteiger partial charge in [-0.25, -0.2) is 4.98 Å². The van der Waals surface area contributed by atoms with Gasteiger partial charge in [0.15, 0.2) is 0 Å². The topological polar surface area (TPSA) is 28.2 Å². The smallest absolute Gasteiger partial charge is 0.129 e. The number of aromatic nitrogens is 1. The minimum Gasteiger partial charge on any atom is -0.354 e. The van der Waals surface area contributed by atoms with Gasteiger partial charge in [-0.2, -0.15) is 0 Å². The zero-order valence-electron chi connectivity index (χ0n) is 13.9. The maximum Gasteiger partial charge on any atom is 0.129 e. The Hall–Kier alpha value is -1.09. The van der Waals surface area contributed by atoms with Gasteiger partial charge in [-0.05, 0) is 55.8 Å². The van der Waals surface area contributed by atoms with E-state index >= 15 is 0 Å². The highest BCUT2D eigenvalue weighted by atomic mass is 15.2. The molecule has 1 N–H and O–H groups in total. The van der Waals surface area contributed by atoms with Gasteiger partial charge in [-0.15, -0.1) is 0 Å². The zero-order chi connectivity index (χ0) is 15.1. The molecule has 0 radical (unpaired) electrons. The molecule has 2 rings (SSSR count). The van der Waals surface area contributed by atoms with Crippen molar-refractivity contribution in [2.45, 2.75) is 65.5 Å². The molecule has 0 spiro atoms. The molecule has 0 amide bonds. The van der Waals surface area contributed by atoms with E-state index in [2.05, 4.69) is 48.1 Å². The van der Waals surface area contributed by atoms with Gasteiger partial charge in [0, 0.05) is 25.3 Å². The van der Waals surface area contributed by atoms with Crippen LogP contribution in [0.4, 0.5) is 5.82 Å². The van der Waals surface area contributed by atoms with Crippen molar-refractivity contribution < 1.29 is 0 Å². The minimum atomic E-state index is 0.690. The summed E-state index contributed by atoms with van der Waals surface area (Å²) >= 11 is 0. The lowest BCUT2D eigenvalue weighted by atomic mass is 9.98. The number of piperidine rings is 1. The highest BCUT2D eigenvalue weighted by Crippen LogP contribution is 2.26. The number of hydrogen-bond donors (Lipinski definition) is 1. The molecule has 1 atom stereocenters. The van der Waals surface area contributed by atoms with Gasteiger partial charge in [0.1, 0.15) is 5.82 Å². The van der Waals surface area contributed by atoms with Crippen LogP contribution in [0.25, 0.3) is 0 Å². The first-order valence-electron chi connectivity index (χ1n) is 8.63. The molecule has 1 aliphatic heterocycles. The molecule has 1 aromatic rings. The van der Waals surface area contributed by atoms with E-state index in [-0.39, 0.29) is 0 Å². The fourth-order valence-electron chi connectivity index (χ4n) is 3.17. The third-order valence-electron chi connectivity index (χ3n) is 4.23. The lowest BCUT2D eigenvalue weighted by Gasteiger charge is -2.37. The Labute approximate surface area is 130 Å². The van der Waals surface area contributed by atoms with Crippen molar-refractivity contribution >= 4 is 5.82 Å². The largest absolute Gasteiger partial charge is 0.354 e. The highest BCUT2D eigenvalue weighted by Gasteiger charge is 2.22. The SMILES string of the molecule is CCCC1CCCCN1c1cc(CNCC(C)C)ccn1. The van der Waals surface area contributed by atoms with E-state index in [1.54, 1.807) is 0 Å². The standard InChI is InChI=1S/C18H31N3/c1-4-7-17-8-5-6-11-21(17)18-12-16(9-10-20-18)14-19-13-15(2)3/h9-10,12,15,17,19H,4-8,11,13-14H2,1-3H3. The second-order valence-electron chi connectivity index (χ2n) is 6.68. The first-order chi connectivity index (χ1) is 10.2. The summed E-state index contributed by atoms with van der Waals surface area (Å²) in [6, 6.07) is 5.10. The van der Waals surface area contributed by atoms with Gasteiger partial charge in [0.2, 0.25) is 0 Å². The van der Waals surface area contributed by atoms with Crippen molar-refractivity contribution in [3.05, 3.63) is 23.9 Å². The van der Waals surface area contributed by atoms with Gasteiger partial charge in [0.05, 0.1) is 0 Å². The predicted molar refractivity (Wildman–Crippen MR) is 90.7 cm³/mol. The van der Waals surface area contributed by atoms with Crippen LogP contribution in [0, 0.1) is 5.92 Å². The number of anilines is 1. The predicted octanol–water partition coefficient (Wildman–Crippen LogP) is 3.99. The number of nitrogens with one attached hydrogen (secondary N) is 1. The quantitative estimate of drug-likeness (QED) is 0.822. The molecule has 0 bridgehead atoms. The fourth-order valence-corrected chi connectivity index (χ4v) is 3.17. The minimum absolute atomic E-state index is 0.690. The van der Waals surface area contributed by atoms with Crippen LogP contribution in [0.3, 0.4) is 0 Å². The molecule has 0 aromatic carbocycles. The van der Waals surface area contributed by atoms with Crippen molar-refractivity contribution in [2.24, 2.45) is 5.92 Å². The molecule has 1 unspecified atom stereocenters. The lowest BCUT2D eigenvalue weighted by Crippen LogP contribution is -2.40. The molecular formula is C18H31N3. The van der Waals surface area contributed by atoms with Crippen LogP contribution >= 0.6 is 0 Å². The Morgan fingerprint density at radius 2 is 2.24 bits per heavy atom. The summed E-state index contributed by atoms with van der Waals surface area (Å²) in [5.74, 6) is 1.87. The van der Waals surface area contributed by atoms with E-state index in [0.29, 0.717) is 12.0 Å². The third kappa shape index (κ3) is 4.99. The summed E-state index contributed by atoms with van der Waals surface area (Å²) < 4.78 is 0. The van der Waals surface area contributed by atoms with Crippen molar-refractivity contribution in [3.8, 4) is 0 Å². The van der Waals surface area contributed by atoms with Crippen LogP contribution in [0.15, 0.2) is 18.3 Å². The second-order valence-corrected chi connectivity index (χ2v) is 6.68. The maximum atomic E-state index is 4.64. The van der Waals surface area contributed by atoms with E-state index in [9.17, 15) is 0 Å². The van der Waals surface area contributed by atoms with E-state index in [1.807, 2.05) is 6.20 Å². The molecule has 0 saturated carbocycles. The third-order valence-corrected chi connectivity index (χ3v) is 4.23. The molecule has 3 nitrogen and oxygen atoms in total. The zero-order valence-corrected chi connectivity index (χ0v) is 13.9. The van der Waals surface area contributed by atoms with Crippen molar-refractivity contribution in [1.29, 1.82) is 0 Å². The summed E-state index contributed by atoms with van der Waals surface area (Å²) in [5.41, 5.74) is 1.35. The van der Waals surface area contributed by atoms with Gasteiger partial charge in [-0.1, -0.05) is 27.2 Å². The molecule has 2 heterocycles. The maximum absolute atomic E-state index is 4.64. The monoisotopic (exact) mass is 289 g/mol. The number of rotatable bonds is 7. The van der Waals surface area contributed by atoms with Crippen LogP contribution in [0.5, 0.6) is 0 Å². The van der Waals surface area contributed by atoms with E-state index < -0.39 is 0 Å². The Morgan fingerprint density at radius 3 is 3.00 bits per heavy atom. The Morgan fingerprint density at radius 1 is 1.38 bits per heavy atom. The van der Waals surface area contributed by atoms with E-state index in [1.165, 1.54) is 50.0 Å². The molecule has 21 heavy (non-hydrogen) atoms. The van der Waals surface area contributed by atoms with Gasteiger partial charge >= 0.3 is 0 Å². The average molecular weight is 289 g/mol. The van der Waals surface area contributed by atoms with Crippen LogP contribution in [-0.2, 0) is 6.54 Å². The lowest BCUT2D eigenvalue weighted by molar-refractivity contribution is 0.431. The Kier molecular flexibility index (Phi) is 6.50. The first kappa shape index (κ1) is 16.3. The number of nitrogens with zero attached hydrogens (tertiary/aromatic N) is 2. The summed E-state index contributed by atoms with van der Waals surface area (Å²) in [4.78, 5) is 7.18. The second kappa shape index (κ2) is 8.38. The summed E-state index contributed by atoms with van der Waals surface area (Å²) in [6.45, 7) is 9.95. The molecule has 1 fully saturated rings. The van der Waals surface area contributed by atoms with E-state index in [4.69, 9.17) is 0 Å². The number of hydrogen-bond acceptors (Lipinski definition) is 3. The normalized spacial score (nSPS) is 19.2. The van der Waals surface area contributed by atoms with Crippen LogP contribution in [-0.4, -0.2) is 24.1 Å². The molecule has 1 saturated heterocycles. The van der Waals surface area contributed by atoms with Crippen LogP contribution in [0.1, 0.15) is 58.4 Å². The molecule has 1 aliphatic rings. The van der Waals surface area contributed by atoms with Crippen molar-refractivity contribution in [2.75, 3.05) is 18.0 Å². The van der Waals surface area contributed by atoms with E-state index in [0.717, 1.165) is 13.1 Å². The van der Waals surface area contributed by atoms with Gasteiger partial charge < -0.3 is 10.2 Å². The van der Waals surface area contributed by atoms with Gasteiger partial charge in [0.25, 0.3) is 0 Å². The van der Waals surface area contributed by atoms with Crippen LogP contribution < -0.4 is 10.2 Å². The van der Waals surface area contributed by atoms with Gasteiger partial charge in [-0.3, -0.25) is 0 Å². The number of pyridine rings is 1. The summed E-state index contributed by atoms with van der Waals surface area (Å²) in [5, 5.41) is 3.52. The molecule has 3 heteroatoms. The molecule has 0 aliphatic carbocycles. The summed E-state index contributed by atoms with van der Waals surface area (Å²) in [6.07, 6.45) is 8.52. The first-order valence-corrected chi connectivity index (χ1v) is 8.63. The summed E-state index contributed by atoms with van der Waals surface area (Å²) in [7, 11) is 0. The molecule has 1 aromatic heterocycles. The van der Waals surface area contributed by atoms with Crippen molar-refractivity contribution in [3.63, 3.8) is 0 Å². The molecular weight excluding hydrogens is 258 g/mol. The van der Waals surface area contributed by atoms with Crippen molar-refractivity contribution in [1.82, 2.24) is 10.3 Å². The average Bonchev–Trinajstić information content (AvgIpc) is 2.48. The highest BCUT2D eigenvalue weighted by molar-refractivity contribution is 5.42. The van der Waals surface area contributed by atoms with Crippen LogP contribution in [0.2, 0.25) is 0 Å². The Bertz CT molecular complexity index is 415. The fraction of sp³-hybridized carbons (Fsp3) is 0.722.